The zero-order chi connectivity index (χ0) is 15.2. The van der Waals surface area contributed by atoms with Crippen molar-refractivity contribution >= 4 is 12.0 Å². The van der Waals surface area contributed by atoms with Gasteiger partial charge in [-0.2, -0.15) is 0 Å². The lowest BCUT2D eigenvalue weighted by Gasteiger charge is -2.30. The van der Waals surface area contributed by atoms with E-state index in [4.69, 9.17) is 15.6 Å². The Bertz CT molecular complexity index is 501. The van der Waals surface area contributed by atoms with Gasteiger partial charge in [-0.05, 0) is 25.5 Å². The van der Waals surface area contributed by atoms with Crippen LogP contribution in [0.2, 0.25) is 0 Å². The van der Waals surface area contributed by atoms with Crippen LogP contribution < -0.4 is 11.1 Å². The minimum absolute atomic E-state index is 0.353. The minimum Gasteiger partial charge on any atom is -0.475 e. The fraction of sp³-hybridized carbons (Fsp3) is 0.286. The molecule has 4 N–H and O–H groups in total. The maximum atomic E-state index is 11.0. The number of carbonyl (C=O) groups excluding carboxylic acids is 1. The lowest BCUT2D eigenvalue weighted by atomic mass is 10.0. The molecular weight excluding hydrogens is 260 g/mol. The van der Waals surface area contributed by atoms with Crippen molar-refractivity contribution < 1.29 is 19.4 Å². The summed E-state index contributed by atoms with van der Waals surface area (Å²) in [5.41, 5.74) is 4.90. The number of nitrogens with two attached hydrogens (primary N) is 1. The predicted molar refractivity (Wildman–Crippen MR) is 73.7 cm³/mol. The zero-order valence-corrected chi connectivity index (χ0v) is 11.3. The summed E-state index contributed by atoms with van der Waals surface area (Å²) in [7, 11) is 0. The number of urea groups is 1. The largest absolute Gasteiger partial charge is 0.475 e. The quantitative estimate of drug-likeness (QED) is 0.400. The van der Waals surface area contributed by atoms with Crippen LogP contribution in [0, 0.1) is 0 Å². The number of hydrogen-bond acceptors (Lipinski definition) is 3. The van der Waals surface area contributed by atoms with Gasteiger partial charge in [0, 0.05) is 6.42 Å². The first-order chi connectivity index (χ1) is 9.32. The summed E-state index contributed by atoms with van der Waals surface area (Å²) in [6, 6.07) is 8.75. The Labute approximate surface area is 117 Å². The molecule has 0 bridgehead atoms. The number of nitrogens with one attached hydrogen (secondary N) is 1. The third kappa shape index (κ3) is 5.01. The molecule has 1 unspecified atom stereocenters. The van der Waals surface area contributed by atoms with E-state index in [2.05, 4.69) is 11.9 Å². The summed E-state index contributed by atoms with van der Waals surface area (Å²) in [4.78, 5) is 21.8. The molecule has 20 heavy (non-hydrogen) atoms. The van der Waals surface area contributed by atoms with Gasteiger partial charge in [0.25, 0.3) is 0 Å². The molecule has 0 radical (unpaired) electrons. The van der Waals surface area contributed by atoms with Crippen molar-refractivity contribution in [2.24, 2.45) is 5.73 Å². The Morgan fingerprint density at radius 3 is 2.50 bits per heavy atom. The first kappa shape index (κ1) is 15.6. The number of carbonyl (C=O) groups is 2. The Kier molecular flexibility index (Phi) is 5.14. The summed E-state index contributed by atoms with van der Waals surface area (Å²) in [5.74, 6) is -1.74. The summed E-state index contributed by atoms with van der Waals surface area (Å²) >= 11 is 0. The second-order valence-electron chi connectivity index (χ2n) is 4.54. The molecule has 1 rings (SSSR count). The van der Waals surface area contributed by atoms with Gasteiger partial charge in [-0.25, -0.2) is 9.59 Å². The normalized spacial score (nSPS) is 13.1. The molecule has 0 fully saturated rings. The number of rotatable bonds is 7. The van der Waals surface area contributed by atoms with Gasteiger partial charge in [0.15, 0.2) is 11.5 Å². The van der Waals surface area contributed by atoms with Gasteiger partial charge < -0.3 is 20.9 Å². The summed E-state index contributed by atoms with van der Waals surface area (Å²) in [5, 5.41) is 11.2. The van der Waals surface area contributed by atoms with Gasteiger partial charge in [0.05, 0.1) is 0 Å². The lowest BCUT2D eigenvalue weighted by molar-refractivity contribution is -0.140. The third-order valence-electron chi connectivity index (χ3n) is 2.71. The van der Waals surface area contributed by atoms with Gasteiger partial charge >= 0.3 is 12.0 Å². The van der Waals surface area contributed by atoms with Crippen LogP contribution in [0.4, 0.5) is 4.79 Å². The molecule has 0 aliphatic heterocycles. The van der Waals surface area contributed by atoms with Crippen molar-refractivity contribution in [3.8, 4) is 0 Å². The molecule has 0 aliphatic carbocycles. The minimum atomic E-state index is -1.29. The Morgan fingerprint density at radius 1 is 1.40 bits per heavy atom. The van der Waals surface area contributed by atoms with Gasteiger partial charge in [0.1, 0.15) is 0 Å². The van der Waals surface area contributed by atoms with Crippen LogP contribution in [0.25, 0.3) is 0 Å². The third-order valence-corrected chi connectivity index (χ3v) is 2.71. The van der Waals surface area contributed by atoms with Crippen molar-refractivity contribution in [1.29, 1.82) is 0 Å². The smallest absolute Gasteiger partial charge is 0.370 e. The zero-order valence-electron chi connectivity index (χ0n) is 11.3. The molecule has 0 aliphatic rings. The Morgan fingerprint density at radius 2 is 2.00 bits per heavy atom. The lowest BCUT2D eigenvalue weighted by Crippen LogP contribution is -2.50. The number of amides is 2. The molecule has 6 heteroatoms. The van der Waals surface area contributed by atoms with E-state index in [1.165, 1.54) is 0 Å². The maximum absolute atomic E-state index is 11.0. The first-order valence-electron chi connectivity index (χ1n) is 6.05. The van der Waals surface area contributed by atoms with Crippen molar-refractivity contribution in [2.75, 3.05) is 0 Å². The van der Waals surface area contributed by atoms with E-state index in [0.29, 0.717) is 12.8 Å². The average Bonchev–Trinajstić information content (AvgIpc) is 2.36. The van der Waals surface area contributed by atoms with E-state index in [1.54, 1.807) is 6.92 Å². The number of ether oxygens (including phenoxy) is 1. The molecule has 1 atom stereocenters. The SMILES string of the molecule is C=C(OC(C)(CCc1ccccc1)NC(N)=O)C(=O)O. The van der Waals surface area contributed by atoms with Crippen LogP contribution in [-0.2, 0) is 16.0 Å². The summed E-state index contributed by atoms with van der Waals surface area (Å²) < 4.78 is 5.23. The number of carboxylic acid groups (broad SMARTS) is 1. The average molecular weight is 278 g/mol. The molecule has 0 saturated carbocycles. The molecular formula is C14H18N2O4. The van der Waals surface area contributed by atoms with E-state index >= 15 is 0 Å². The first-order valence-corrected chi connectivity index (χ1v) is 6.05. The number of hydrogen-bond donors (Lipinski definition) is 3. The summed E-state index contributed by atoms with van der Waals surface area (Å²) in [6.45, 7) is 4.84. The van der Waals surface area contributed by atoms with Gasteiger partial charge in [-0.15, -0.1) is 0 Å². The number of aliphatic carboxylic acids is 1. The molecule has 2 amide bonds. The van der Waals surface area contributed by atoms with E-state index in [0.717, 1.165) is 5.56 Å². The van der Waals surface area contributed by atoms with Crippen molar-refractivity contribution in [3.05, 3.63) is 48.2 Å². The highest BCUT2D eigenvalue weighted by Crippen LogP contribution is 2.19. The topological polar surface area (TPSA) is 102 Å². The van der Waals surface area contributed by atoms with E-state index in [9.17, 15) is 9.59 Å². The molecule has 0 saturated heterocycles. The van der Waals surface area contributed by atoms with Crippen LogP contribution in [0.15, 0.2) is 42.7 Å². The van der Waals surface area contributed by atoms with Crippen molar-refractivity contribution in [2.45, 2.75) is 25.5 Å². The second-order valence-corrected chi connectivity index (χ2v) is 4.54. The maximum Gasteiger partial charge on any atom is 0.370 e. The Hall–Kier alpha value is -2.50. The summed E-state index contributed by atoms with van der Waals surface area (Å²) in [6.07, 6.45) is 0.941. The van der Waals surface area contributed by atoms with Crippen LogP contribution in [0.1, 0.15) is 18.9 Å². The number of aryl methyl sites for hydroxylation is 1. The molecule has 0 spiro atoms. The van der Waals surface area contributed by atoms with E-state index in [1.807, 2.05) is 30.3 Å². The van der Waals surface area contributed by atoms with E-state index in [-0.39, 0.29) is 0 Å². The van der Waals surface area contributed by atoms with Crippen LogP contribution in [0.5, 0.6) is 0 Å². The number of benzene rings is 1. The standard InChI is InChI=1S/C14H18N2O4/c1-10(12(17)18)20-14(2,16-13(15)19)9-8-11-6-4-3-5-7-11/h3-7H,1,8-9H2,2H3,(H,17,18)(H3,15,16,19). The van der Waals surface area contributed by atoms with Gasteiger partial charge in [0.2, 0.25) is 0 Å². The molecule has 6 nitrogen and oxygen atoms in total. The highest BCUT2D eigenvalue weighted by Gasteiger charge is 2.29. The van der Waals surface area contributed by atoms with E-state index < -0.39 is 23.5 Å². The highest BCUT2D eigenvalue weighted by molar-refractivity contribution is 5.83. The molecule has 0 heterocycles. The molecule has 1 aromatic carbocycles. The fourth-order valence-electron chi connectivity index (χ4n) is 1.74. The predicted octanol–water partition coefficient (Wildman–Crippen LogP) is 1.62. The Balaban J connectivity index is 2.75. The molecule has 0 aromatic heterocycles. The second kappa shape index (κ2) is 6.60. The molecule has 108 valence electrons. The van der Waals surface area contributed by atoms with Crippen molar-refractivity contribution in [1.82, 2.24) is 5.32 Å². The molecule has 1 aromatic rings. The van der Waals surface area contributed by atoms with Crippen molar-refractivity contribution in [3.63, 3.8) is 0 Å². The number of carboxylic acids is 1. The fourth-order valence-corrected chi connectivity index (χ4v) is 1.74. The highest BCUT2D eigenvalue weighted by atomic mass is 16.5. The van der Waals surface area contributed by atoms with Gasteiger partial charge in [-0.1, -0.05) is 30.3 Å². The number of primary amides is 1. The van der Waals surface area contributed by atoms with Gasteiger partial charge in [-0.3, -0.25) is 0 Å². The van der Waals surface area contributed by atoms with Crippen LogP contribution in [0.3, 0.4) is 0 Å². The van der Waals surface area contributed by atoms with Crippen LogP contribution >= 0.6 is 0 Å². The van der Waals surface area contributed by atoms with Crippen LogP contribution in [-0.4, -0.2) is 22.8 Å². The monoisotopic (exact) mass is 278 g/mol.